The van der Waals surface area contributed by atoms with E-state index >= 15 is 0 Å². The van der Waals surface area contributed by atoms with Gasteiger partial charge in [-0.1, -0.05) is 13.8 Å². The number of nitrogens with one attached hydrogen (secondary N) is 1. The molecule has 0 unspecified atom stereocenters. The van der Waals surface area contributed by atoms with Gasteiger partial charge in [-0.15, -0.1) is 0 Å². The van der Waals surface area contributed by atoms with Crippen LogP contribution in [0.3, 0.4) is 0 Å². The zero-order valence-electron chi connectivity index (χ0n) is 8.95. The average molecular weight is 200 g/mol. The monoisotopic (exact) mass is 200 g/mol. The van der Waals surface area contributed by atoms with Crippen molar-refractivity contribution in [3.63, 3.8) is 0 Å². The fourth-order valence-electron chi connectivity index (χ4n) is 1.47. The second kappa shape index (κ2) is 5.32. The molecule has 0 spiro atoms. The first-order valence-electron chi connectivity index (χ1n) is 5.30. The Morgan fingerprint density at radius 1 is 1.36 bits per heavy atom. The van der Waals surface area contributed by atoms with Crippen molar-refractivity contribution in [3.8, 4) is 0 Å². The summed E-state index contributed by atoms with van der Waals surface area (Å²) in [6.45, 7) is 3.69. The van der Waals surface area contributed by atoms with Crippen LogP contribution in [-0.2, 0) is 9.63 Å². The number of rotatable bonds is 3. The third-order valence-corrected chi connectivity index (χ3v) is 2.57. The van der Waals surface area contributed by atoms with Gasteiger partial charge in [-0.2, -0.15) is 0 Å². The number of hydroxylamine groups is 1. The predicted octanol–water partition coefficient (Wildman–Crippen LogP) is 0.960. The summed E-state index contributed by atoms with van der Waals surface area (Å²) < 4.78 is 0. The summed E-state index contributed by atoms with van der Waals surface area (Å²) in [6, 6.07) is 0.315. The molecule has 3 N–H and O–H groups in total. The molecule has 1 rings (SSSR count). The van der Waals surface area contributed by atoms with Crippen molar-refractivity contribution in [2.45, 2.75) is 51.7 Å². The van der Waals surface area contributed by atoms with E-state index in [1.165, 1.54) is 0 Å². The van der Waals surface area contributed by atoms with Crippen molar-refractivity contribution in [2.75, 3.05) is 0 Å². The van der Waals surface area contributed by atoms with Crippen LogP contribution in [0.25, 0.3) is 0 Å². The molecular formula is C10H20N2O2. The lowest BCUT2D eigenvalue weighted by molar-refractivity contribution is -0.143. The van der Waals surface area contributed by atoms with Crippen LogP contribution in [0.1, 0.15) is 39.5 Å². The highest BCUT2D eigenvalue weighted by atomic mass is 16.7. The van der Waals surface area contributed by atoms with E-state index in [0.29, 0.717) is 6.04 Å². The number of carbonyl (C=O) groups excluding carboxylic acids is 1. The van der Waals surface area contributed by atoms with Gasteiger partial charge in [0.25, 0.3) is 0 Å². The van der Waals surface area contributed by atoms with Crippen molar-refractivity contribution in [3.05, 3.63) is 0 Å². The molecule has 4 heteroatoms. The largest absolute Gasteiger partial charge is 0.328 e. The van der Waals surface area contributed by atoms with Gasteiger partial charge in [-0.05, 0) is 25.7 Å². The molecule has 1 aliphatic rings. The summed E-state index contributed by atoms with van der Waals surface area (Å²) in [4.78, 5) is 16.5. The minimum Gasteiger partial charge on any atom is -0.328 e. The van der Waals surface area contributed by atoms with Crippen molar-refractivity contribution in [1.82, 2.24) is 5.48 Å². The minimum atomic E-state index is -0.0557. The number of amides is 1. The van der Waals surface area contributed by atoms with Gasteiger partial charge < -0.3 is 5.73 Å². The summed E-state index contributed by atoms with van der Waals surface area (Å²) >= 11 is 0. The maximum atomic E-state index is 11.2. The highest BCUT2D eigenvalue weighted by molar-refractivity contribution is 5.76. The molecule has 1 amide bonds. The first-order chi connectivity index (χ1) is 6.59. The van der Waals surface area contributed by atoms with Gasteiger partial charge in [0.05, 0.1) is 6.10 Å². The Hall–Kier alpha value is -0.610. The Kier molecular flexibility index (Phi) is 4.35. The summed E-state index contributed by atoms with van der Waals surface area (Å²) in [6.07, 6.45) is 4.02. The third-order valence-electron chi connectivity index (χ3n) is 2.57. The van der Waals surface area contributed by atoms with Crippen molar-refractivity contribution in [2.24, 2.45) is 11.7 Å². The lowest BCUT2D eigenvalue weighted by Crippen LogP contribution is -2.36. The summed E-state index contributed by atoms with van der Waals surface area (Å²) in [5.74, 6) is -0.0827. The summed E-state index contributed by atoms with van der Waals surface area (Å²) in [5, 5.41) is 0. The molecule has 1 aliphatic carbocycles. The zero-order valence-corrected chi connectivity index (χ0v) is 8.95. The second-order valence-corrected chi connectivity index (χ2v) is 4.28. The van der Waals surface area contributed by atoms with E-state index < -0.39 is 0 Å². The Morgan fingerprint density at radius 3 is 2.43 bits per heavy atom. The molecule has 0 bridgehead atoms. The molecule has 0 radical (unpaired) electrons. The van der Waals surface area contributed by atoms with Gasteiger partial charge >= 0.3 is 0 Å². The molecule has 82 valence electrons. The van der Waals surface area contributed by atoms with E-state index in [1.807, 2.05) is 13.8 Å². The van der Waals surface area contributed by atoms with E-state index in [1.54, 1.807) is 0 Å². The molecule has 14 heavy (non-hydrogen) atoms. The fraction of sp³-hybridized carbons (Fsp3) is 0.900. The highest BCUT2D eigenvalue weighted by Crippen LogP contribution is 2.18. The maximum Gasteiger partial charge on any atom is 0.246 e. The minimum absolute atomic E-state index is 0.0270. The zero-order chi connectivity index (χ0) is 10.6. The quantitative estimate of drug-likeness (QED) is 0.667. The molecular weight excluding hydrogens is 180 g/mol. The smallest absolute Gasteiger partial charge is 0.246 e. The van der Waals surface area contributed by atoms with Gasteiger partial charge in [0.2, 0.25) is 5.91 Å². The van der Waals surface area contributed by atoms with Gasteiger partial charge in [-0.3, -0.25) is 9.63 Å². The van der Waals surface area contributed by atoms with Crippen LogP contribution in [-0.4, -0.2) is 18.1 Å². The van der Waals surface area contributed by atoms with Gasteiger partial charge in [0, 0.05) is 12.0 Å². The Labute approximate surface area is 85.1 Å². The lowest BCUT2D eigenvalue weighted by Gasteiger charge is -2.25. The van der Waals surface area contributed by atoms with Crippen LogP contribution in [0.2, 0.25) is 0 Å². The molecule has 0 atom stereocenters. The second-order valence-electron chi connectivity index (χ2n) is 4.28. The van der Waals surface area contributed by atoms with Gasteiger partial charge in [0.1, 0.15) is 0 Å². The van der Waals surface area contributed by atoms with Crippen LogP contribution in [0.15, 0.2) is 0 Å². The molecule has 0 aromatic carbocycles. The Balaban J connectivity index is 2.16. The number of nitrogens with two attached hydrogens (primary N) is 1. The topological polar surface area (TPSA) is 64.3 Å². The van der Waals surface area contributed by atoms with Crippen LogP contribution < -0.4 is 11.2 Å². The Morgan fingerprint density at radius 2 is 1.93 bits per heavy atom. The molecule has 0 aromatic rings. The summed E-state index contributed by atoms with van der Waals surface area (Å²) in [7, 11) is 0. The molecule has 4 nitrogen and oxygen atoms in total. The van der Waals surface area contributed by atoms with Crippen molar-refractivity contribution >= 4 is 5.91 Å². The van der Waals surface area contributed by atoms with Crippen LogP contribution >= 0.6 is 0 Å². The van der Waals surface area contributed by atoms with Crippen LogP contribution in [0.5, 0.6) is 0 Å². The molecule has 1 saturated carbocycles. The van der Waals surface area contributed by atoms with Crippen LogP contribution in [0, 0.1) is 5.92 Å². The normalized spacial score (nSPS) is 27.7. The molecule has 1 fully saturated rings. The lowest BCUT2D eigenvalue weighted by atomic mass is 9.94. The highest BCUT2D eigenvalue weighted by Gasteiger charge is 2.20. The number of hydrogen-bond donors (Lipinski definition) is 2. The SMILES string of the molecule is CC(C)C(=O)NOC1CCC(N)CC1. The van der Waals surface area contributed by atoms with Gasteiger partial charge in [0.15, 0.2) is 0 Å². The molecule has 0 heterocycles. The fourth-order valence-corrected chi connectivity index (χ4v) is 1.47. The van der Waals surface area contributed by atoms with E-state index in [4.69, 9.17) is 10.6 Å². The first-order valence-corrected chi connectivity index (χ1v) is 5.30. The van der Waals surface area contributed by atoms with Gasteiger partial charge in [-0.25, -0.2) is 5.48 Å². The van der Waals surface area contributed by atoms with E-state index in [2.05, 4.69) is 5.48 Å². The average Bonchev–Trinajstić information content (AvgIpc) is 2.16. The van der Waals surface area contributed by atoms with E-state index in [0.717, 1.165) is 25.7 Å². The third kappa shape index (κ3) is 3.64. The van der Waals surface area contributed by atoms with E-state index in [-0.39, 0.29) is 17.9 Å². The summed E-state index contributed by atoms with van der Waals surface area (Å²) in [5.41, 5.74) is 8.25. The first kappa shape index (κ1) is 11.5. The predicted molar refractivity (Wildman–Crippen MR) is 54.3 cm³/mol. The maximum absolute atomic E-state index is 11.2. The molecule has 0 aliphatic heterocycles. The van der Waals surface area contributed by atoms with Crippen LogP contribution in [0.4, 0.5) is 0 Å². The molecule has 0 aromatic heterocycles. The van der Waals surface area contributed by atoms with E-state index in [9.17, 15) is 4.79 Å². The van der Waals surface area contributed by atoms with Crippen molar-refractivity contribution < 1.29 is 9.63 Å². The number of carbonyl (C=O) groups is 1. The standard InChI is InChI=1S/C10H20N2O2/c1-7(2)10(13)12-14-9-5-3-8(11)4-6-9/h7-9H,3-6,11H2,1-2H3,(H,12,13). The molecule has 0 saturated heterocycles. The number of hydrogen-bond acceptors (Lipinski definition) is 3. The van der Waals surface area contributed by atoms with Crippen molar-refractivity contribution in [1.29, 1.82) is 0 Å². The Bertz CT molecular complexity index is 187.